The van der Waals surface area contributed by atoms with Gasteiger partial charge in [-0.3, -0.25) is 4.79 Å². The van der Waals surface area contributed by atoms with Crippen LogP contribution in [0, 0.1) is 17.3 Å². The van der Waals surface area contributed by atoms with E-state index in [-0.39, 0.29) is 29.9 Å². The average molecular weight is 272 g/mol. The van der Waals surface area contributed by atoms with E-state index < -0.39 is 0 Å². The van der Waals surface area contributed by atoms with E-state index in [4.69, 9.17) is 10.8 Å². The fraction of sp³-hybridized carbons (Fsp3) is 0.933. The van der Waals surface area contributed by atoms with Crippen LogP contribution < -0.4 is 11.1 Å². The smallest absolute Gasteiger partial charge is 0.220 e. The summed E-state index contributed by atoms with van der Waals surface area (Å²) in [5.74, 6) is 0.844. The van der Waals surface area contributed by atoms with Gasteiger partial charge in [0.25, 0.3) is 0 Å². The van der Waals surface area contributed by atoms with Gasteiger partial charge in [-0.1, -0.05) is 34.6 Å². The monoisotopic (exact) mass is 272 g/mol. The lowest BCUT2D eigenvalue weighted by Gasteiger charge is -2.31. The van der Waals surface area contributed by atoms with Gasteiger partial charge in [0, 0.05) is 19.1 Å². The minimum absolute atomic E-state index is 0.00229. The van der Waals surface area contributed by atoms with Gasteiger partial charge < -0.3 is 16.2 Å². The van der Waals surface area contributed by atoms with Crippen molar-refractivity contribution in [2.75, 3.05) is 13.2 Å². The minimum atomic E-state index is -0.0470. The number of aliphatic hydroxyl groups excluding tert-OH is 1. The van der Waals surface area contributed by atoms with Crippen LogP contribution in [0.25, 0.3) is 0 Å². The summed E-state index contributed by atoms with van der Waals surface area (Å²) in [7, 11) is 0. The van der Waals surface area contributed by atoms with E-state index in [1.807, 2.05) is 0 Å². The molecule has 1 amide bonds. The lowest BCUT2D eigenvalue weighted by molar-refractivity contribution is -0.123. The number of hydrogen-bond acceptors (Lipinski definition) is 3. The summed E-state index contributed by atoms with van der Waals surface area (Å²) in [4.78, 5) is 12.1. The summed E-state index contributed by atoms with van der Waals surface area (Å²) in [5, 5.41) is 12.1. The van der Waals surface area contributed by atoms with Gasteiger partial charge in [0.15, 0.2) is 0 Å². The van der Waals surface area contributed by atoms with Crippen molar-refractivity contribution in [3.05, 3.63) is 0 Å². The van der Waals surface area contributed by atoms with Gasteiger partial charge in [0.1, 0.15) is 0 Å². The minimum Gasteiger partial charge on any atom is -0.396 e. The Morgan fingerprint density at radius 2 is 1.89 bits per heavy atom. The largest absolute Gasteiger partial charge is 0.396 e. The van der Waals surface area contributed by atoms with Crippen LogP contribution in [0.5, 0.6) is 0 Å². The zero-order valence-corrected chi connectivity index (χ0v) is 13.2. The Labute approximate surface area is 118 Å². The lowest BCUT2D eigenvalue weighted by Crippen LogP contribution is -2.45. The Morgan fingerprint density at radius 1 is 1.32 bits per heavy atom. The molecule has 0 aliphatic carbocycles. The summed E-state index contributed by atoms with van der Waals surface area (Å²) in [6.07, 6.45) is 2.05. The summed E-state index contributed by atoms with van der Waals surface area (Å²) in [5.41, 5.74) is 5.68. The summed E-state index contributed by atoms with van der Waals surface area (Å²) >= 11 is 0. The average Bonchev–Trinajstić information content (AvgIpc) is 2.25. The van der Waals surface area contributed by atoms with Gasteiger partial charge in [-0.25, -0.2) is 0 Å². The molecule has 0 bridgehead atoms. The molecular formula is C15H32N2O2. The van der Waals surface area contributed by atoms with E-state index in [0.717, 1.165) is 6.42 Å². The molecule has 0 aliphatic heterocycles. The second-order valence-electron chi connectivity index (χ2n) is 6.93. The molecule has 0 radical (unpaired) electrons. The Balaban J connectivity index is 4.40. The van der Waals surface area contributed by atoms with Crippen molar-refractivity contribution in [2.24, 2.45) is 23.0 Å². The number of carbonyl (C=O) groups excluding carboxylic acids is 1. The third-order valence-electron chi connectivity index (χ3n) is 3.41. The number of nitrogens with one attached hydrogen (secondary N) is 1. The van der Waals surface area contributed by atoms with Crippen LogP contribution in [0.1, 0.15) is 53.9 Å². The molecule has 0 aromatic rings. The van der Waals surface area contributed by atoms with E-state index >= 15 is 0 Å². The van der Waals surface area contributed by atoms with Gasteiger partial charge in [-0.2, -0.15) is 0 Å². The van der Waals surface area contributed by atoms with E-state index in [1.54, 1.807) is 0 Å². The van der Waals surface area contributed by atoms with Gasteiger partial charge in [0.2, 0.25) is 5.91 Å². The van der Waals surface area contributed by atoms with Crippen LogP contribution in [-0.4, -0.2) is 30.2 Å². The van der Waals surface area contributed by atoms with Gasteiger partial charge >= 0.3 is 0 Å². The Kier molecular flexibility index (Phi) is 8.26. The van der Waals surface area contributed by atoms with Crippen LogP contribution in [0.2, 0.25) is 0 Å². The highest BCUT2D eigenvalue weighted by atomic mass is 16.3. The lowest BCUT2D eigenvalue weighted by atomic mass is 9.84. The molecule has 4 nitrogen and oxygen atoms in total. The summed E-state index contributed by atoms with van der Waals surface area (Å²) in [6.45, 7) is 11.1. The molecule has 4 heteroatoms. The molecule has 4 N–H and O–H groups in total. The van der Waals surface area contributed by atoms with Crippen molar-refractivity contribution in [1.82, 2.24) is 5.32 Å². The maximum atomic E-state index is 12.1. The van der Waals surface area contributed by atoms with Gasteiger partial charge in [0.05, 0.1) is 0 Å². The zero-order chi connectivity index (χ0) is 15.1. The summed E-state index contributed by atoms with van der Waals surface area (Å²) in [6, 6.07) is 0.00229. The first-order valence-corrected chi connectivity index (χ1v) is 7.31. The topological polar surface area (TPSA) is 75.4 Å². The molecule has 0 fully saturated rings. The third-order valence-corrected chi connectivity index (χ3v) is 3.41. The molecule has 0 aromatic carbocycles. The normalized spacial score (nSPS) is 15.4. The third kappa shape index (κ3) is 8.22. The van der Waals surface area contributed by atoms with Crippen molar-refractivity contribution in [3.63, 3.8) is 0 Å². The van der Waals surface area contributed by atoms with Gasteiger partial charge in [-0.05, 0) is 36.6 Å². The second-order valence-corrected chi connectivity index (χ2v) is 6.93. The van der Waals surface area contributed by atoms with E-state index in [1.165, 1.54) is 0 Å². The number of aliphatic hydroxyl groups is 1. The molecule has 0 spiro atoms. The highest BCUT2D eigenvalue weighted by Crippen LogP contribution is 2.22. The van der Waals surface area contributed by atoms with Crippen LogP contribution in [-0.2, 0) is 4.79 Å². The number of hydrogen-bond donors (Lipinski definition) is 3. The van der Waals surface area contributed by atoms with Crippen LogP contribution >= 0.6 is 0 Å². The van der Waals surface area contributed by atoms with E-state index in [0.29, 0.717) is 25.3 Å². The molecule has 0 rings (SSSR count). The molecule has 114 valence electrons. The predicted molar refractivity (Wildman–Crippen MR) is 79.7 cm³/mol. The van der Waals surface area contributed by atoms with E-state index in [2.05, 4.69) is 39.9 Å². The maximum Gasteiger partial charge on any atom is 0.220 e. The Morgan fingerprint density at radius 3 is 2.26 bits per heavy atom. The van der Waals surface area contributed by atoms with E-state index in [9.17, 15) is 4.79 Å². The Bertz CT molecular complexity index is 259. The van der Waals surface area contributed by atoms with Gasteiger partial charge in [-0.15, -0.1) is 0 Å². The molecule has 0 saturated carbocycles. The standard InChI is InChI=1S/C15H32N2O2/c1-11(2)8-12(10-16)9-14(19)17-13(6-7-18)15(3,4)5/h11-13,18H,6-10,16H2,1-5H3,(H,17,19). The van der Waals surface area contributed by atoms with Crippen molar-refractivity contribution < 1.29 is 9.90 Å². The molecule has 0 aromatic heterocycles. The van der Waals surface area contributed by atoms with Crippen LogP contribution in [0.15, 0.2) is 0 Å². The number of carbonyl (C=O) groups is 1. The fourth-order valence-corrected chi connectivity index (χ4v) is 2.30. The molecule has 0 saturated heterocycles. The summed E-state index contributed by atoms with van der Waals surface area (Å²) < 4.78 is 0. The first-order chi connectivity index (χ1) is 8.70. The molecule has 2 atom stereocenters. The zero-order valence-electron chi connectivity index (χ0n) is 13.2. The van der Waals surface area contributed by atoms with Crippen molar-refractivity contribution in [1.29, 1.82) is 0 Å². The Hall–Kier alpha value is -0.610. The predicted octanol–water partition coefficient (Wildman–Crippen LogP) is 1.91. The number of nitrogens with two attached hydrogens (primary N) is 1. The molecule has 0 heterocycles. The maximum absolute atomic E-state index is 12.1. The first-order valence-electron chi connectivity index (χ1n) is 7.31. The first kappa shape index (κ1) is 18.4. The SMILES string of the molecule is CC(C)CC(CN)CC(=O)NC(CCO)C(C)(C)C. The molecule has 2 unspecified atom stereocenters. The quantitative estimate of drug-likeness (QED) is 0.632. The molecular weight excluding hydrogens is 240 g/mol. The highest BCUT2D eigenvalue weighted by molar-refractivity contribution is 5.76. The van der Waals surface area contributed by atoms with Crippen LogP contribution in [0.4, 0.5) is 0 Å². The number of rotatable bonds is 8. The second kappa shape index (κ2) is 8.54. The fourth-order valence-electron chi connectivity index (χ4n) is 2.30. The highest BCUT2D eigenvalue weighted by Gasteiger charge is 2.26. The number of amides is 1. The van der Waals surface area contributed by atoms with Crippen molar-refractivity contribution >= 4 is 5.91 Å². The van der Waals surface area contributed by atoms with Crippen molar-refractivity contribution in [3.8, 4) is 0 Å². The van der Waals surface area contributed by atoms with Crippen LogP contribution in [0.3, 0.4) is 0 Å². The molecule has 19 heavy (non-hydrogen) atoms. The molecule has 0 aliphatic rings. The van der Waals surface area contributed by atoms with Crippen molar-refractivity contribution in [2.45, 2.75) is 59.9 Å².